The van der Waals surface area contributed by atoms with Crippen LogP contribution < -0.4 is 11.5 Å². The Bertz CT molecular complexity index is 677. The number of primary amides is 2. The molecule has 136 valence electrons. The highest BCUT2D eigenvalue weighted by Gasteiger charge is 2.33. The lowest BCUT2D eigenvalue weighted by molar-refractivity contribution is -0.127. The number of carbonyl (C=O) groups is 2. The summed E-state index contributed by atoms with van der Waals surface area (Å²) in [7, 11) is 0. The average molecular weight is 352 g/mol. The lowest BCUT2D eigenvalue weighted by Gasteiger charge is -2.40. The van der Waals surface area contributed by atoms with Crippen molar-refractivity contribution < 1.29 is 9.59 Å². The van der Waals surface area contributed by atoms with Gasteiger partial charge in [-0.25, -0.2) is 0 Å². The Hall–Kier alpha value is -2.70. The fourth-order valence-electron chi connectivity index (χ4n) is 3.63. The van der Waals surface area contributed by atoms with Crippen LogP contribution in [-0.4, -0.2) is 47.8 Å². The normalized spacial score (nSPS) is 18.2. The van der Waals surface area contributed by atoms with Crippen LogP contribution >= 0.6 is 0 Å². The van der Waals surface area contributed by atoms with Crippen molar-refractivity contribution in [2.24, 2.45) is 11.5 Å². The number of piperazine rings is 1. The van der Waals surface area contributed by atoms with Crippen LogP contribution in [0.25, 0.3) is 0 Å². The molecule has 0 saturated carbocycles. The number of hydrogen-bond donors (Lipinski definition) is 2. The summed E-state index contributed by atoms with van der Waals surface area (Å²) in [5.41, 5.74) is 13.1. The summed E-state index contributed by atoms with van der Waals surface area (Å²) < 4.78 is 0. The lowest BCUT2D eigenvalue weighted by Crippen LogP contribution is -2.52. The van der Waals surface area contributed by atoms with Gasteiger partial charge in [-0.3, -0.25) is 19.4 Å². The number of nitrogens with zero attached hydrogens (tertiary/aromatic N) is 2. The highest BCUT2D eigenvalue weighted by molar-refractivity contribution is 5.82. The minimum absolute atomic E-state index is 0.362. The largest absolute Gasteiger partial charge is 0.368 e. The molecule has 2 aromatic carbocycles. The summed E-state index contributed by atoms with van der Waals surface area (Å²) in [5.74, 6) is -0.724. The minimum atomic E-state index is -0.456. The summed E-state index contributed by atoms with van der Waals surface area (Å²) in [6.45, 7) is 2.55. The molecule has 6 heteroatoms. The van der Waals surface area contributed by atoms with Gasteiger partial charge < -0.3 is 11.5 Å². The topological polar surface area (TPSA) is 92.7 Å². The Morgan fingerprint density at radius 2 is 0.962 bits per heavy atom. The molecule has 3 rings (SSSR count). The first-order chi connectivity index (χ1) is 12.6. The van der Waals surface area contributed by atoms with Crippen LogP contribution in [0.2, 0.25) is 0 Å². The first-order valence-electron chi connectivity index (χ1n) is 8.74. The number of rotatable bonds is 6. The molecule has 1 aliphatic heterocycles. The third-order valence-electron chi connectivity index (χ3n) is 4.85. The fourth-order valence-corrected chi connectivity index (χ4v) is 3.63. The van der Waals surface area contributed by atoms with Crippen LogP contribution in [0.1, 0.15) is 23.2 Å². The molecule has 0 radical (unpaired) electrons. The van der Waals surface area contributed by atoms with E-state index in [0.29, 0.717) is 26.2 Å². The van der Waals surface area contributed by atoms with Crippen LogP contribution in [0.15, 0.2) is 60.7 Å². The molecule has 4 N–H and O–H groups in total. The van der Waals surface area contributed by atoms with Crippen molar-refractivity contribution >= 4 is 11.8 Å². The van der Waals surface area contributed by atoms with Crippen LogP contribution in [0.4, 0.5) is 0 Å². The number of benzene rings is 2. The maximum atomic E-state index is 12.0. The van der Waals surface area contributed by atoms with E-state index in [0.717, 1.165) is 11.1 Å². The molecule has 1 aliphatic rings. The van der Waals surface area contributed by atoms with E-state index in [-0.39, 0.29) is 11.8 Å². The minimum Gasteiger partial charge on any atom is -0.368 e. The molecule has 1 saturated heterocycles. The zero-order chi connectivity index (χ0) is 18.5. The second-order valence-corrected chi connectivity index (χ2v) is 6.50. The van der Waals surface area contributed by atoms with Crippen LogP contribution in [0, 0.1) is 0 Å². The fraction of sp³-hybridized carbons (Fsp3) is 0.300. The Labute approximate surface area is 153 Å². The first-order valence-corrected chi connectivity index (χ1v) is 8.74. The van der Waals surface area contributed by atoms with Gasteiger partial charge in [-0.1, -0.05) is 60.7 Å². The molecule has 0 unspecified atom stereocenters. The van der Waals surface area contributed by atoms with E-state index in [1.54, 1.807) is 0 Å². The van der Waals surface area contributed by atoms with Gasteiger partial charge in [0.25, 0.3) is 0 Å². The number of carbonyl (C=O) groups excluding carboxylic acids is 2. The summed E-state index contributed by atoms with van der Waals surface area (Å²) >= 11 is 0. The number of hydrogen-bond acceptors (Lipinski definition) is 4. The molecule has 0 aromatic heterocycles. The zero-order valence-electron chi connectivity index (χ0n) is 14.6. The average Bonchev–Trinajstić information content (AvgIpc) is 2.65. The standard InChI is InChI=1S/C20H24N4O2/c21-19(25)17(15-7-3-1-4-8-15)23-11-13-24(14-12-23)18(20(22)26)16-9-5-2-6-10-16/h1-10,17-18H,11-14H2,(H2,21,25)(H2,22,26)/t17-,18-/m1/s1. The molecule has 1 heterocycles. The van der Waals surface area contributed by atoms with Crippen molar-refractivity contribution in [3.8, 4) is 0 Å². The highest BCUT2D eigenvalue weighted by Crippen LogP contribution is 2.26. The van der Waals surface area contributed by atoms with Gasteiger partial charge in [0.15, 0.2) is 0 Å². The predicted octanol–water partition coefficient (Wildman–Crippen LogP) is 1.06. The third kappa shape index (κ3) is 3.92. The summed E-state index contributed by atoms with van der Waals surface area (Å²) in [5, 5.41) is 0. The molecule has 2 aromatic rings. The Morgan fingerprint density at radius 1 is 0.654 bits per heavy atom. The van der Waals surface area contributed by atoms with Crippen molar-refractivity contribution in [2.45, 2.75) is 12.1 Å². The molecular formula is C20H24N4O2. The quantitative estimate of drug-likeness (QED) is 0.813. The van der Waals surface area contributed by atoms with Gasteiger partial charge in [0.2, 0.25) is 11.8 Å². The van der Waals surface area contributed by atoms with Crippen LogP contribution in [0.5, 0.6) is 0 Å². The van der Waals surface area contributed by atoms with Gasteiger partial charge in [0.1, 0.15) is 12.1 Å². The number of amides is 2. The maximum absolute atomic E-state index is 12.0. The molecular weight excluding hydrogens is 328 g/mol. The van der Waals surface area contributed by atoms with Gasteiger partial charge in [-0.15, -0.1) is 0 Å². The van der Waals surface area contributed by atoms with Crippen molar-refractivity contribution in [2.75, 3.05) is 26.2 Å². The van der Waals surface area contributed by atoms with Crippen LogP contribution in [-0.2, 0) is 9.59 Å². The van der Waals surface area contributed by atoms with E-state index in [4.69, 9.17) is 11.5 Å². The summed E-state index contributed by atoms with van der Waals surface area (Å²) in [6.07, 6.45) is 0. The second-order valence-electron chi connectivity index (χ2n) is 6.50. The van der Waals surface area contributed by atoms with Crippen molar-refractivity contribution in [3.63, 3.8) is 0 Å². The van der Waals surface area contributed by atoms with Crippen molar-refractivity contribution in [3.05, 3.63) is 71.8 Å². The van der Waals surface area contributed by atoms with Gasteiger partial charge in [0, 0.05) is 26.2 Å². The van der Waals surface area contributed by atoms with Gasteiger partial charge >= 0.3 is 0 Å². The molecule has 6 nitrogen and oxygen atoms in total. The zero-order valence-corrected chi connectivity index (χ0v) is 14.6. The highest BCUT2D eigenvalue weighted by atomic mass is 16.2. The summed E-state index contributed by atoms with van der Waals surface area (Å²) in [6, 6.07) is 18.2. The smallest absolute Gasteiger partial charge is 0.239 e. The number of nitrogens with two attached hydrogens (primary N) is 2. The summed E-state index contributed by atoms with van der Waals surface area (Å²) in [4.78, 5) is 28.2. The van der Waals surface area contributed by atoms with Crippen molar-refractivity contribution in [1.29, 1.82) is 0 Å². The van der Waals surface area contributed by atoms with E-state index in [1.165, 1.54) is 0 Å². The molecule has 1 fully saturated rings. The van der Waals surface area contributed by atoms with Crippen LogP contribution in [0.3, 0.4) is 0 Å². The van der Waals surface area contributed by atoms with Gasteiger partial charge in [0.05, 0.1) is 0 Å². The van der Waals surface area contributed by atoms with E-state index < -0.39 is 12.1 Å². The molecule has 0 spiro atoms. The van der Waals surface area contributed by atoms with E-state index in [9.17, 15) is 9.59 Å². The first kappa shape index (κ1) is 18.1. The lowest BCUT2D eigenvalue weighted by atomic mass is 10.0. The Kier molecular flexibility index (Phi) is 5.65. The predicted molar refractivity (Wildman–Crippen MR) is 99.9 cm³/mol. The molecule has 2 amide bonds. The SMILES string of the molecule is NC(=O)[C@@H](c1ccccc1)N1CCN([C@@H](C(N)=O)c2ccccc2)CC1. The van der Waals surface area contributed by atoms with Gasteiger partial charge in [-0.2, -0.15) is 0 Å². The molecule has 0 aliphatic carbocycles. The Balaban J connectivity index is 1.73. The third-order valence-corrected chi connectivity index (χ3v) is 4.85. The van der Waals surface area contributed by atoms with E-state index >= 15 is 0 Å². The molecule has 26 heavy (non-hydrogen) atoms. The van der Waals surface area contributed by atoms with E-state index in [1.807, 2.05) is 60.7 Å². The second kappa shape index (κ2) is 8.12. The van der Waals surface area contributed by atoms with Gasteiger partial charge in [-0.05, 0) is 11.1 Å². The Morgan fingerprint density at radius 3 is 1.23 bits per heavy atom. The monoisotopic (exact) mass is 352 g/mol. The van der Waals surface area contributed by atoms with Crippen molar-refractivity contribution in [1.82, 2.24) is 9.80 Å². The molecule has 2 atom stereocenters. The maximum Gasteiger partial charge on any atom is 0.239 e. The molecule has 0 bridgehead atoms. The van der Waals surface area contributed by atoms with E-state index in [2.05, 4.69) is 9.80 Å².